The number of benzene rings is 10. The Hall–Kier alpha value is -7.82. The van der Waals surface area contributed by atoms with Crippen molar-refractivity contribution in [2.75, 3.05) is 0 Å². The van der Waals surface area contributed by atoms with Crippen LogP contribution >= 0.6 is 0 Å². The molecule has 0 radical (unpaired) electrons. The summed E-state index contributed by atoms with van der Waals surface area (Å²) in [5.74, 6) is 1.43. The minimum absolute atomic E-state index is 0.386. The van der Waals surface area contributed by atoms with Crippen LogP contribution < -0.4 is 5.32 Å². The highest BCUT2D eigenvalue weighted by Crippen LogP contribution is 2.40. The number of furan rings is 1. The summed E-state index contributed by atoms with van der Waals surface area (Å²) in [7, 11) is 0. The summed E-state index contributed by atoms with van der Waals surface area (Å²) in [6.45, 7) is 0. The Bertz CT molecular complexity index is 3540. The average molecular weight is 754 g/mol. The number of nitrogens with zero attached hydrogens (tertiary/aromatic N) is 2. The first-order chi connectivity index (χ1) is 29.2. The van der Waals surface area contributed by atoms with E-state index in [0.29, 0.717) is 5.84 Å². The Labute approximate surface area is 340 Å². The van der Waals surface area contributed by atoms with Crippen molar-refractivity contribution in [1.29, 1.82) is 0 Å². The monoisotopic (exact) mass is 753 g/mol. The molecule has 0 amide bonds. The summed E-state index contributed by atoms with van der Waals surface area (Å²) in [5.41, 5.74) is 9.14. The molecule has 4 nitrogen and oxygen atoms in total. The Morgan fingerprint density at radius 1 is 0.390 bits per heavy atom. The van der Waals surface area contributed by atoms with Crippen molar-refractivity contribution in [1.82, 2.24) is 5.32 Å². The van der Waals surface area contributed by atoms with Crippen LogP contribution in [0.1, 0.15) is 22.9 Å². The zero-order valence-corrected chi connectivity index (χ0v) is 31.9. The molecule has 0 bridgehead atoms. The first-order valence-electron chi connectivity index (χ1n) is 20.1. The molecule has 0 aliphatic carbocycles. The van der Waals surface area contributed by atoms with Gasteiger partial charge in [-0.25, -0.2) is 9.98 Å². The summed E-state index contributed by atoms with van der Waals surface area (Å²) < 4.78 is 6.79. The van der Waals surface area contributed by atoms with E-state index in [9.17, 15) is 0 Å². The van der Waals surface area contributed by atoms with E-state index in [1.807, 2.05) is 0 Å². The third-order valence-electron chi connectivity index (χ3n) is 11.9. The molecule has 10 aromatic carbocycles. The van der Waals surface area contributed by atoms with Crippen LogP contribution in [0.4, 0.5) is 0 Å². The highest BCUT2D eigenvalue weighted by molar-refractivity contribution is 6.27. The number of hydrogen-bond acceptors (Lipinski definition) is 4. The maximum Gasteiger partial charge on any atom is 0.159 e. The molecule has 1 N–H and O–H groups in total. The third-order valence-corrected chi connectivity index (χ3v) is 11.9. The molecule has 12 rings (SSSR count). The number of nitrogens with one attached hydrogen (secondary N) is 1. The van der Waals surface area contributed by atoms with Gasteiger partial charge >= 0.3 is 0 Å². The smallest absolute Gasteiger partial charge is 0.159 e. The predicted molar refractivity (Wildman–Crippen MR) is 246 cm³/mol. The Kier molecular flexibility index (Phi) is 7.57. The molecule has 1 aliphatic rings. The second kappa shape index (κ2) is 13.4. The van der Waals surface area contributed by atoms with Crippen molar-refractivity contribution in [3.8, 4) is 22.3 Å². The van der Waals surface area contributed by atoms with E-state index < -0.39 is 0 Å². The van der Waals surface area contributed by atoms with Gasteiger partial charge in [0, 0.05) is 21.9 Å². The van der Waals surface area contributed by atoms with Gasteiger partial charge in [0.25, 0.3) is 0 Å². The first-order valence-corrected chi connectivity index (χ1v) is 20.1. The van der Waals surface area contributed by atoms with E-state index in [2.05, 4.69) is 206 Å². The van der Waals surface area contributed by atoms with Gasteiger partial charge in [0.2, 0.25) is 0 Å². The van der Waals surface area contributed by atoms with Gasteiger partial charge in [-0.05, 0) is 107 Å². The standard InChI is InChI=1S/C55H35N3O/c1-4-13-40-29-43(24-21-34(40)9-1)37-17-19-38(20-18-37)46-32-48(52-50(33-46)59-49-28-27-39-12-7-8-16-47(39)51(49)52)55-57-53(44-25-22-35-10-2-5-14-41(35)30-44)56-54(58-55)45-26-23-36-11-3-6-15-42(36)31-45/h1-33,53H,(H,56,57,58). The van der Waals surface area contributed by atoms with Crippen molar-refractivity contribution in [2.24, 2.45) is 9.98 Å². The number of amidine groups is 2. The molecule has 0 fully saturated rings. The lowest BCUT2D eigenvalue weighted by atomic mass is 9.94. The molecule has 4 heteroatoms. The Morgan fingerprint density at radius 2 is 0.932 bits per heavy atom. The fourth-order valence-corrected chi connectivity index (χ4v) is 8.84. The molecule has 1 aliphatic heterocycles. The van der Waals surface area contributed by atoms with Crippen molar-refractivity contribution in [2.45, 2.75) is 6.17 Å². The summed E-state index contributed by atoms with van der Waals surface area (Å²) in [5, 5.41) is 15.4. The minimum Gasteiger partial charge on any atom is -0.456 e. The Morgan fingerprint density at radius 3 is 1.64 bits per heavy atom. The van der Waals surface area contributed by atoms with E-state index >= 15 is 0 Å². The van der Waals surface area contributed by atoms with Crippen LogP contribution in [0.5, 0.6) is 0 Å². The highest BCUT2D eigenvalue weighted by atomic mass is 16.3. The van der Waals surface area contributed by atoms with E-state index in [1.54, 1.807) is 0 Å². The molecule has 0 spiro atoms. The number of aliphatic imine (C=N–C) groups is 2. The molecular formula is C55H35N3O. The van der Waals surface area contributed by atoms with Crippen molar-refractivity contribution < 1.29 is 4.42 Å². The highest BCUT2D eigenvalue weighted by Gasteiger charge is 2.26. The molecule has 11 aromatic rings. The predicted octanol–water partition coefficient (Wildman–Crippen LogP) is 14.0. The third kappa shape index (κ3) is 5.76. The lowest BCUT2D eigenvalue weighted by Gasteiger charge is -2.25. The molecule has 0 saturated heterocycles. The molecular weight excluding hydrogens is 719 g/mol. The number of hydrogen-bond donors (Lipinski definition) is 1. The second-order valence-corrected chi connectivity index (χ2v) is 15.4. The number of fused-ring (bicyclic) bond motifs is 8. The van der Waals surface area contributed by atoms with E-state index in [0.717, 1.165) is 71.8 Å². The molecule has 59 heavy (non-hydrogen) atoms. The second-order valence-electron chi connectivity index (χ2n) is 15.4. The topological polar surface area (TPSA) is 49.9 Å². The quantitative estimate of drug-likeness (QED) is 0.190. The summed E-state index contributed by atoms with van der Waals surface area (Å²) in [4.78, 5) is 10.7. The SMILES string of the molecule is c1ccc2cc(C3=NC(c4ccc5ccccc5c4)NC(c4cc(-c5ccc(-c6ccc7ccccc7c6)cc5)cc5oc6ccc7ccccc7c6c45)=N3)ccc2c1. The molecule has 1 aromatic heterocycles. The average Bonchev–Trinajstić information content (AvgIpc) is 3.70. The van der Waals surface area contributed by atoms with Crippen LogP contribution in [0.25, 0.3) is 87.3 Å². The molecule has 1 unspecified atom stereocenters. The van der Waals surface area contributed by atoms with Crippen LogP contribution in [0.15, 0.2) is 215 Å². The fourth-order valence-electron chi connectivity index (χ4n) is 8.84. The molecule has 2 heterocycles. The summed E-state index contributed by atoms with van der Waals surface area (Å²) in [6.07, 6.45) is -0.386. The zero-order valence-electron chi connectivity index (χ0n) is 31.9. The van der Waals surface area contributed by atoms with Crippen molar-refractivity contribution in [3.05, 3.63) is 217 Å². The van der Waals surface area contributed by atoms with E-state index in [-0.39, 0.29) is 6.17 Å². The van der Waals surface area contributed by atoms with Crippen LogP contribution in [0.3, 0.4) is 0 Å². The maximum absolute atomic E-state index is 6.79. The summed E-state index contributed by atoms with van der Waals surface area (Å²) in [6, 6.07) is 71.2. The maximum atomic E-state index is 6.79. The van der Waals surface area contributed by atoms with Gasteiger partial charge in [0.1, 0.15) is 23.2 Å². The van der Waals surface area contributed by atoms with Gasteiger partial charge in [-0.3, -0.25) is 0 Å². The van der Waals surface area contributed by atoms with Crippen LogP contribution in [0, 0.1) is 0 Å². The lowest BCUT2D eigenvalue weighted by Crippen LogP contribution is -2.33. The van der Waals surface area contributed by atoms with Gasteiger partial charge < -0.3 is 9.73 Å². The first kappa shape index (κ1) is 33.3. The van der Waals surface area contributed by atoms with Gasteiger partial charge in [0.15, 0.2) is 5.84 Å². The number of rotatable bonds is 5. The zero-order chi connectivity index (χ0) is 38.9. The fraction of sp³-hybridized carbons (Fsp3) is 0.0182. The van der Waals surface area contributed by atoms with Crippen molar-refractivity contribution in [3.63, 3.8) is 0 Å². The Balaban J connectivity index is 1.06. The largest absolute Gasteiger partial charge is 0.456 e. The summed E-state index contributed by atoms with van der Waals surface area (Å²) >= 11 is 0. The molecule has 1 atom stereocenters. The van der Waals surface area contributed by atoms with Crippen molar-refractivity contribution >= 4 is 76.7 Å². The van der Waals surface area contributed by atoms with Crippen LogP contribution in [-0.4, -0.2) is 11.7 Å². The van der Waals surface area contributed by atoms with Gasteiger partial charge in [-0.15, -0.1) is 0 Å². The van der Waals surface area contributed by atoms with Crippen LogP contribution in [0.2, 0.25) is 0 Å². The minimum atomic E-state index is -0.386. The van der Waals surface area contributed by atoms with Crippen LogP contribution in [-0.2, 0) is 0 Å². The molecule has 276 valence electrons. The van der Waals surface area contributed by atoms with E-state index in [1.165, 1.54) is 38.1 Å². The molecule has 0 saturated carbocycles. The van der Waals surface area contributed by atoms with E-state index in [4.69, 9.17) is 14.4 Å². The van der Waals surface area contributed by atoms with Gasteiger partial charge in [-0.1, -0.05) is 164 Å². The van der Waals surface area contributed by atoms with Gasteiger partial charge in [-0.2, -0.15) is 0 Å². The normalized spacial score (nSPS) is 14.3. The lowest BCUT2D eigenvalue weighted by molar-refractivity contribution is 0.668. The van der Waals surface area contributed by atoms with Gasteiger partial charge in [0.05, 0.1) is 0 Å².